The van der Waals surface area contributed by atoms with E-state index < -0.39 is 5.92 Å². The second-order valence-electron chi connectivity index (χ2n) is 5.09. The average Bonchev–Trinajstić information content (AvgIpc) is 2.31. The van der Waals surface area contributed by atoms with Crippen LogP contribution in [0, 0.1) is 11.8 Å². The molecule has 104 valence electrons. The van der Waals surface area contributed by atoms with Gasteiger partial charge in [-0.1, -0.05) is 25.9 Å². The number of carbonyl (C=O) groups is 1. The molecule has 0 spiro atoms. The Morgan fingerprint density at radius 3 is 2.61 bits per heavy atom. The number of amidine groups is 1. The highest BCUT2D eigenvalue weighted by Crippen LogP contribution is 2.27. The maximum absolute atomic E-state index is 12.5. The average molecular weight is 273 g/mol. The van der Waals surface area contributed by atoms with Crippen molar-refractivity contribution in [3.63, 3.8) is 0 Å². The van der Waals surface area contributed by atoms with Crippen molar-refractivity contribution in [2.45, 2.75) is 39.0 Å². The van der Waals surface area contributed by atoms with Gasteiger partial charge in [0.25, 0.3) is 0 Å². The molecule has 18 heavy (non-hydrogen) atoms. The van der Waals surface area contributed by atoms with Gasteiger partial charge in [0, 0.05) is 23.6 Å². The minimum absolute atomic E-state index is 0.00748. The summed E-state index contributed by atoms with van der Waals surface area (Å²) in [6.07, 6.45) is 0. The fourth-order valence-electron chi connectivity index (χ4n) is 2.24. The van der Waals surface area contributed by atoms with Crippen LogP contribution in [0.3, 0.4) is 0 Å². The number of hydrogen-bond acceptors (Lipinski definition) is 4. The molecule has 0 saturated carbocycles. The van der Waals surface area contributed by atoms with Crippen molar-refractivity contribution in [1.82, 2.24) is 4.90 Å². The molecule has 1 saturated heterocycles. The lowest BCUT2D eigenvalue weighted by Gasteiger charge is -2.39. The summed E-state index contributed by atoms with van der Waals surface area (Å²) in [5.74, 6) is 0.407. The minimum Gasteiger partial charge on any atom is -0.409 e. The van der Waals surface area contributed by atoms with Crippen molar-refractivity contribution in [2.24, 2.45) is 22.7 Å². The Morgan fingerprint density at radius 2 is 2.11 bits per heavy atom. The van der Waals surface area contributed by atoms with Crippen molar-refractivity contribution < 1.29 is 10.0 Å². The SMILES string of the molecule is CC(C)C(C(=O)N1CCSC(C)C1C)C(N)=NO. The Kier molecular flexibility index (Phi) is 5.31. The van der Waals surface area contributed by atoms with Crippen molar-refractivity contribution in [2.75, 3.05) is 12.3 Å². The van der Waals surface area contributed by atoms with E-state index in [0.717, 1.165) is 12.3 Å². The maximum atomic E-state index is 12.5. The molecule has 0 bridgehead atoms. The molecule has 1 amide bonds. The molecule has 3 unspecified atom stereocenters. The van der Waals surface area contributed by atoms with Crippen LogP contribution in [-0.2, 0) is 4.79 Å². The molecule has 6 heteroatoms. The van der Waals surface area contributed by atoms with E-state index in [0.29, 0.717) is 5.25 Å². The molecule has 1 rings (SSSR count). The molecule has 1 aliphatic heterocycles. The van der Waals surface area contributed by atoms with Gasteiger partial charge in [0.15, 0.2) is 5.84 Å². The molecular formula is C12H23N3O2S. The van der Waals surface area contributed by atoms with E-state index in [1.54, 1.807) is 0 Å². The minimum atomic E-state index is -0.534. The lowest BCUT2D eigenvalue weighted by atomic mass is 9.92. The molecule has 3 atom stereocenters. The van der Waals surface area contributed by atoms with E-state index in [-0.39, 0.29) is 23.7 Å². The molecular weight excluding hydrogens is 250 g/mol. The molecule has 1 fully saturated rings. The van der Waals surface area contributed by atoms with Crippen LogP contribution in [0.15, 0.2) is 5.16 Å². The summed E-state index contributed by atoms with van der Waals surface area (Å²) in [7, 11) is 0. The summed E-state index contributed by atoms with van der Waals surface area (Å²) >= 11 is 1.88. The summed E-state index contributed by atoms with van der Waals surface area (Å²) in [5, 5.41) is 12.2. The largest absolute Gasteiger partial charge is 0.409 e. The normalized spacial score (nSPS) is 27.4. The van der Waals surface area contributed by atoms with Crippen LogP contribution in [0.25, 0.3) is 0 Å². The van der Waals surface area contributed by atoms with Crippen LogP contribution in [-0.4, -0.2) is 45.4 Å². The van der Waals surface area contributed by atoms with Crippen molar-refractivity contribution in [1.29, 1.82) is 0 Å². The zero-order valence-corrected chi connectivity index (χ0v) is 12.3. The van der Waals surface area contributed by atoms with Gasteiger partial charge in [0.2, 0.25) is 5.91 Å². The summed E-state index contributed by atoms with van der Waals surface area (Å²) in [6.45, 7) is 8.73. The first-order valence-corrected chi connectivity index (χ1v) is 7.34. The van der Waals surface area contributed by atoms with Crippen LogP contribution in [0.2, 0.25) is 0 Å². The summed E-state index contributed by atoms with van der Waals surface area (Å²) in [6, 6.07) is 0.184. The third-order valence-electron chi connectivity index (χ3n) is 3.53. The number of carbonyl (C=O) groups excluding carboxylic acids is 1. The van der Waals surface area contributed by atoms with E-state index in [4.69, 9.17) is 10.9 Å². The monoisotopic (exact) mass is 273 g/mol. The van der Waals surface area contributed by atoms with E-state index in [1.807, 2.05) is 30.5 Å². The molecule has 0 aromatic heterocycles. The number of hydrogen-bond donors (Lipinski definition) is 2. The van der Waals surface area contributed by atoms with Gasteiger partial charge >= 0.3 is 0 Å². The first kappa shape index (κ1) is 15.1. The number of oxime groups is 1. The van der Waals surface area contributed by atoms with E-state index >= 15 is 0 Å². The van der Waals surface area contributed by atoms with Crippen LogP contribution in [0.1, 0.15) is 27.7 Å². The van der Waals surface area contributed by atoms with Crippen LogP contribution >= 0.6 is 11.8 Å². The van der Waals surface area contributed by atoms with E-state index in [9.17, 15) is 4.79 Å². The highest BCUT2D eigenvalue weighted by atomic mass is 32.2. The fourth-order valence-corrected chi connectivity index (χ4v) is 3.34. The smallest absolute Gasteiger partial charge is 0.233 e. The molecule has 0 radical (unpaired) electrons. The summed E-state index contributed by atoms with van der Waals surface area (Å²) in [4.78, 5) is 14.4. The second kappa shape index (κ2) is 6.31. The topological polar surface area (TPSA) is 78.9 Å². The fraction of sp³-hybridized carbons (Fsp3) is 0.833. The van der Waals surface area contributed by atoms with E-state index in [2.05, 4.69) is 19.0 Å². The summed E-state index contributed by atoms with van der Waals surface area (Å²) in [5.41, 5.74) is 5.65. The zero-order chi connectivity index (χ0) is 13.9. The molecule has 1 aliphatic rings. The Morgan fingerprint density at radius 1 is 1.50 bits per heavy atom. The van der Waals surface area contributed by atoms with Gasteiger partial charge < -0.3 is 15.8 Å². The highest BCUT2D eigenvalue weighted by molar-refractivity contribution is 8.00. The Hall–Kier alpha value is -0.910. The lowest BCUT2D eigenvalue weighted by molar-refractivity contribution is -0.136. The van der Waals surface area contributed by atoms with Gasteiger partial charge in [-0.3, -0.25) is 4.79 Å². The predicted molar refractivity (Wildman–Crippen MR) is 74.8 cm³/mol. The highest BCUT2D eigenvalue weighted by Gasteiger charge is 2.36. The number of amides is 1. The quantitative estimate of drug-likeness (QED) is 0.352. The van der Waals surface area contributed by atoms with Crippen molar-refractivity contribution in [3.8, 4) is 0 Å². The first-order chi connectivity index (χ1) is 8.40. The van der Waals surface area contributed by atoms with Crippen LogP contribution in [0.4, 0.5) is 0 Å². The second-order valence-corrected chi connectivity index (χ2v) is 6.58. The van der Waals surface area contributed by atoms with Gasteiger partial charge in [-0.15, -0.1) is 0 Å². The molecule has 1 heterocycles. The standard InChI is InChI=1S/C12H23N3O2S/c1-7(2)10(11(13)14-17)12(16)15-5-6-18-9(4)8(15)3/h7-10,17H,5-6H2,1-4H3,(H2,13,14). The Balaban J connectivity index is 2.89. The third-order valence-corrected chi connectivity index (χ3v) is 4.87. The number of nitrogens with two attached hydrogens (primary N) is 1. The van der Waals surface area contributed by atoms with E-state index in [1.165, 1.54) is 0 Å². The van der Waals surface area contributed by atoms with Gasteiger partial charge in [0.1, 0.15) is 5.92 Å². The van der Waals surface area contributed by atoms with Gasteiger partial charge in [-0.25, -0.2) is 0 Å². The third kappa shape index (κ3) is 3.10. The zero-order valence-electron chi connectivity index (χ0n) is 11.5. The first-order valence-electron chi connectivity index (χ1n) is 6.29. The maximum Gasteiger partial charge on any atom is 0.233 e. The number of rotatable bonds is 3. The van der Waals surface area contributed by atoms with Gasteiger partial charge in [0.05, 0.1) is 0 Å². The molecule has 3 N–H and O–H groups in total. The molecule has 0 aliphatic carbocycles. The lowest BCUT2D eigenvalue weighted by Crippen LogP contribution is -2.53. The van der Waals surface area contributed by atoms with Crippen LogP contribution < -0.4 is 5.73 Å². The Bertz CT molecular complexity index is 333. The molecule has 0 aromatic carbocycles. The van der Waals surface area contributed by atoms with Crippen molar-refractivity contribution >= 4 is 23.5 Å². The van der Waals surface area contributed by atoms with Gasteiger partial charge in [-0.2, -0.15) is 11.8 Å². The number of thioether (sulfide) groups is 1. The molecule has 0 aromatic rings. The van der Waals surface area contributed by atoms with Crippen LogP contribution in [0.5, 0.6) is 0 Å². The van der Waals surface area contributed by atoms with Gasteiger partial charge in [-0.05, 0) is 12.8 Å². The Labute approximate surface area is 113 Å². The molecule has 5 nitrogen and oxygen atoms in total. The van der Waals surface area contributed by atoms with Crippen molar-refractivity contribution in [3.05, 3.63) is 0 Å². The summed E-state index contributed by atoms with van der Waals surface area (Å²) < 4.78 is 0. The number of nitrogens with zero attached hydrogens (tertiary/aromatic N) is 2. The predicted octanol–water partition coefficient (Wildman–Crippen LogP) is 1.36.